The molecule has 8 heteroatoms. The predicted molar refractivity (Wildman–Crippen MR) is 120 cm³/mol. The number of aliphatic hydroxyl groups excluding tert-OH is 1. The lowest BCUT2D eigenvalue weighted by atomic mass is 9.98. The largest absolute Gasteiger partial charge is 0.507 e. The van der Waals surface area contributed by atoms with E-state index >= 15 is 0 Å². The first-order valence-corrected chi connectivity index (χ1v) is 10.6. The van der Waals surface area contributed by atoms with E-state index in [-0.39, 0.29) is 17.3 Å². The molecule has 0 saturated carbocycles. The van der Waals surface area contributed by atoms with Gasteiger partial charge in [0, 0.05) is 12.0 Å². The Hall–Kier alpha value is -4.33. The lowest BCUT2D eigenvalue weighted by Gasteiger charge is -2.20. The summed E-state index contributed by atoms with van der Waals surface area (Å²) in [5.41, 5.74) is 3.76. The van der Waals surface area contributed by atoms with E-state index in [0.717, 1.165) is 22.4 Å². The van der Waals surface area contributed by atoms with Gasteiger partial charge in [0.1, 0.15) is 23.3 Å². The molecule has 2 aromatic heterocycles. The van der Waals surface area contributed by atoms with Gasteiger partial charge in [-0.25, -0.2) is 4.98 Å². The number of Topliss-reactive ketones (excluding diaryl/α,β-unsaturated/α-hetero) is 1. The number of ketones is 1. The Kier molecular flexibility index (Phi) is 4.16. The fraction of sp³-hybridized carbons (Fsp3) is 0.160. The molecule has 164 valence electrons. The van der Waals surface area contributed by atoms with Crippen LogP contribution in [0.4, 0.5) is 5.95 Å². The Morgan fingerprint density at radius 2 is 2.06 bits per heavy atom. The van der Waals surface area contributed by atoms with Gasteiger partial charge in [0.05, 0.1) is 29.5 Å². The number of ether oxygens (including phenoxy) is 1. The SMILES string of the molecule is Cc1ccc2nc(N3C(=O)C(=O)/C(=C(/O)c4ccc5c(c4)CCO5)C3c3ccco3)[nH]c2c1. The highest BCUT2D eigenvalue weighted by Crippen LogP contribution is 2.42. The smallest absolute Gasteiger partial charge is 0.302 e. The number of H-pyrrole nitrogens is 1. The maximum absolute atomic E-state index is 13.2. The van der Waals surface area contributed by atoms with Crippen LogP contribution in [0.15, 0.2) is 64.8 Å². The second-order valence-electron chi connectivity index (χ2n) is 8.19. The van der Waals surface area contributed by atoms with Crippen LogP contribution in [0.25, 0.3) is 16.8 Å². The van der Waals surface area contributed by atoms with Gasteiger partial charge in [-0.3, -0.25) is 14.5 Å². The second-order valence-corrected chi connectivity index (χ2v) is 8.19. The van der Waals surface area contributed by atoms with Crippen LogP contribution in [0.2, 0.25) is 0 Å². The molecule has 2 aliphatic rings. The third-order valence-corrected chi connectivity index (χ3v) is 6.07. The molecule has 2 aromatic carbocycles. The number of amides is 1. The molecule has 0 aliphatic carbocycles. The summed E-state index contributed by atoms with van der Waals surface area (Å²) in [4.78, 5) is 35.3. The normalized spacial score (nSPS) is 19.3. The molecule has 33 heavy (non-hydrogen) atoms. The van der Waals surface area contributed by atoms with Crippen molar-refractivity contribution in [2.24, 2.45) is 0 Å². The van der Waals surface area contributed by atoms with Crippen molar-refractivity contribution in [3.05, 3.63) is 82.8 Å². The first kappa shape index (κ1) is 19.4. The number of furan rings is 1. The Morgan fingerprint density at radius 1 is 1.18 bits per heavy atom. The number of rotatable bonds is 3. The van der Waals surface area contributed by atoms with Crippen molar-refractivity contribution in [2.45, 2.75) is 19.4 Å². The third kappa shape index (κ3) is 2.95. The summed E-state index contributed by atoms with van der Waals surface area (Å²) in [6.45, 7) is 2.53. The summed E-state index contributed by atoms with van der Waals surface area (Å²) in [6, 6.07) is 13.3. The van der Waals surface area contributed by atoms with Gasteiger partial charge < -0.3 is 19.2 Å². The lowest BCUT2D eigenvalue weighted by Crippen LogP contribution is -2.30. The average molecular weight is 441 g/mol. The molecule has 1 fully saturated rings. The molecule has 2 N–H and O–H groups in total. The van der Waals surface area contributed by atoms with Gasteiger partial charge in [-0.2, -0.15) is 0 Å². The van der Waals surface area contributed by atoms with Crippen LogP contribution < -0.4 is 9.64 Å². The third-order valence-electron chi connectivity index (χ3n) is 6.07. The number of aliphatic hydroxyl groups is 1. The molecule has 6 rings (SSSR count). The summed E-state index contributed by atoms with van der Waals surface area (Å²) < 4.78 is 11.1. The standard InChI is InChI=1S/C25H19N3O5/c1-13-4-6-16-17(11-13)27-25(26-16)28-21(19-3-2-9-32-19)20(23(30)24(28)31)22(29)15-5-7-18-14(12-15)8-10-33-18/h2-7,9,11-12,21,29H,8,10H2,1H3,(H,26,27)/b22-20+. The molecule has 0 bridgehead atoms. The van der Waals surface area contributed by atoms with E-state index in [2.05, 4.69) is 9.97 Å². The number of hydrogen-bond donors (Lipinski definition) is 2. The molecule has 8 nitrogen and oxygen atoms in total. The van der Waals surface area contributed by atoms with Gasteiger partial charge in [-0.05, 0) is 60.5 Å². The average Bonchev–Trinajstić information content (AvgIpc) is 3.59. The van der Waals surface area contributed by atoms with Crippen molar-refractivity contribution in [3.8, 4) is 5.75 Å². The number of hydrogen-bond acceptors (Lipinski definition) is 6. The first-order chi connectivity index (χ1) is 16.0. The molecule has 0 radical (unpaired) electrons. The van der Waals surface area contributed by atoms with Crippen molar-refractivity contribution in [1.82, 2.24) is 9.97 Å². The topological polar surface area (TPSA) is 109 Å². The molecule has 1 saturated heterocycles. The predicted octanol–water partition coefficient (Wildman–Crippen LogP) is 4.03. The van der Waals surface area contributed by atoms with Crippen LogP contribution >= 0.6 is 0 Å². The van der Waals surface area contributed by atoms with Crippen LogP contribution in [0.1, 0.15) is 28.5 Å². The number of carbonyl (C=O) groups is 2. The highest BCUT2D eigenvalue weighted by molar-refractivity contribution is 6.51. The first-order valence-electron chi connectivity index (χ1n) is 10.6. The molecule has 1 atom stereocenters. The maximum Gasteiger partial charge on any atom is 0.302 e. The zero-order valence-corrected chi connectivity index (χ0v) is 17.7. The van der Waals surface area contributed by atoms with Gasteiger partial charge in [0.2, 0.25) is 5.95 Å². The number of anilines is 1. The minimum atomic E-state index is -0.967. The number of aromatic amines is 1. The Balaban J connectivity index is 1.53. The summed E-state index contributed by atoms with van der Waals surface area (Å²) in [5.74, 6) is -0.552. The minimum Gasteiger partial charge on any atom is -0.507 e. The van der Waals surface area contributed by atoms with Gasteiger partial charge in [-0.1, -0.05) is 6.07 Å². The number of nitrogens with one attached hydrogen (secondary N) is 1. The summed E-state index contributed by atoms with van der Waals surface area (Å²) in [7, 11) is 0. The van der Waals surface area contributed by atoms with E-state index in [9.17, 15) is 14.7 Å². The van der Waals surface area contributed by atoms with Crippen molar-refractivity contribution in [1.29, 1.82) is 0 Å². The Labute approximate surface area is 188 Å². The molecule has 1 amide bonds. The molecule has 0 spiro atoms. The summed E-state index contributed by atoms with van der Waals surface area (Å²) in [6.07, 6.45) is 2.18. The zero-order valence-electron chi connectivity index (χ0n) is 17.7. The van der Waals surface area contributed by atoms with Gasteiger partial charge >= 0.3 is 5.91 Å². The number of benzene rings is 2. The quantitative estimate of drug-likeness (QED) is 0.282. The lowest BCUT2D eigenvalue weighted by molar-refractivity contribution is -0.132. The number of fused-ring (bicyclic) bond motifs is 2. The van der Waals surface area contributed by atoms with Crippen molar-refractivity contribution in [3.63, 3.8) is 0 Å². The fourth-order valence-corrected chi connectivity index (χ4v) is 4.48. The zero-order chi connectivity index (χ0) is 22.7. The number of carbonyl (C=O) groups excluding carboxylic acids is 2. The van der Waals surface area contributed by atoms with Crippen LogP contribution in [0.3, 0.4) is 0 Å². The maximum atomic E-state index is 13.2. The Morgan fingerprint density at radius 3 is 2.88 bits per heavy atom. The van der Waals surface area contributed by atoms with Crippen molar-refractivity contribution < 1.29 is 23.8 Å². The monoisotopic (exact) mass is 441 g/mol. The highest BCUT2D eigenvalue weighted by atomic mass is 16.5. The minimum absolute atomic E-state index is 0.0505. The molecular formula is C25H19N3O5. The molecule has 2 aliphatic heterocycles. The van der Waals surface area contributed by atoms with Crippen molar-refractivity contribution >= 4 is 34.4 Å². The van der Waals surface area contributed by atoms with E-state index in [0.29, 0.717) is 29.9 Å². The number of aromatic nitrogens is 2. The number of nitrogens with zero attached hydrogens (tertiary/aromatic N) is 2. The summed E-state index contributed by atoms with van der Waals surface area (Å²) >= 11 is 0. The van der Waals surface area contributed by atoms with E-state index in [1.54, 1.807) is 30.3 Å². The van der Waals surface area contributed by atoms with Crippen LogP contribution in [-0.4, -0.2) is 33.4 Å². The molecular weight excluding hydrogens is 422 g/mol. The van der Waals surface area contributed by atoms with E-state index < -0.39 is 17.7 Å². The van der Waals surface area contributed by atoms with Crippen LogP contribution in [0, 0.1) is 6.92 Å². The van der Waals surface area contributed by atoms with Crippen LogP contribution in [0.5, 0.6) is 5.75 Å². The Bertz CT molecular complexity index is 1460. The number of imidazole rings is 1. The van der Waals surface area contributed by atoms with E-state index in [1.165, 1.54) is 11.2 Å². The molecule has 4 heterocycles. The fourth-order valence-electron chi connectivity index (χ4n) is 4.48. The van der Waals surface area contributed by atoms with E-state index in [1.807, 2.05) is 25.1 Å². The summed E-state index contributed by atoms with van der Waals surface area (Å²) in [5, 5.41) is 11.2. The van der Waals surface area contributed by atoms with E-state index in [4.69, 9.17) is 9.15 Å². The molecule has 1 unspecified atom stereocenters. The van der Waals surface area contributed by atoms with Gasteiger partial charge in [0.15, 0.2) is 0 Å². The second kappa shape index (κ2) is 7.09. The van der Waals surface area contributed by atoms with Crippen LogP contribution in [-0.2, 0) is 16.0 Å². The van der Waals surface area contributed by atoms with Gasteiger partial charge in [0.25, 0.3) is 5.78 Å². The van der Waals surface area contributed by atoms with Crippen molar-refractivity contribution in [2.75, 3.05) is 11.5 Å². The highest BCUT2D eigenvalue weighted by Gasteiger charge is 2.49. The number of aryl methyl sites for hydroxylation is 1. The molecule has 4 aromatic rings. The van der Waals surface area contributed by atoms with Gasteiger partial charge in [-0.15, -0.1) is 0 Å².